The number of benzene rings is 1. The third kappa shape index (κ3) is 3.22. The number of thiophene rings is 1. The first-order valence-electron chi connectivity index (χ1n) is 6.28. The van der Waals surface area contributed by atoms with Crippen molar-refractivity contribution in [3.05, 3.63) is 52.2 Å². The standard InChI is InChI=1S/C15H18N2OS/c1-10(2)11-6-3-4-7-12(11)17-15(18)14(16)13-8-5-9-19-13/h3-10,14H,16H2,1-2H3,(H,17,18). The second-order valence-electron chi connectivity index (χ2n) is 4.72. The van der Waals surface area contributed by atoms with Crippen molar-refractivity contribution in [2.24, 2.45) is 5.73 Å². The molecule has 0 radical (unpaired) electrons. The van der Waals surface area contributed by atoms with Crippen molar-refractivity contribution < 1.29 is 4.79 Å². The van der Waals surface area contributed by atoms with E-state index in [0.29, 0.717) is 5.92 Å². The maximum atomic E-state index is 12.2. The molecule has 0 fully saturated rings. The lowest BCUT2D eigenvalue weighted by Crippen LogP contribution is -2.27. The minimum Gasteiger partial charge on any atom is -0.324 e. The average molecular weight is 274 g/mol. The summed E-state index contributed by atoms with van der Waals surface area (Å²) in [7, 11) is 0. The molecular formula is C15H18N2OS. The van der Waals surface area contributed by atoms with Crippen LogP contribution >= 0.6 is 11.3 Å². The maximum Gasteiger partial charge on any atom is 0.246 e. The van der Waals surface area contributed by atoms with E-state index < -0.39 is 6.04 Å². The Labute approximate surface area is 117 Å². The number of anilines is 1. The van der Waals surface area contributed by atoms with Gasteiger partial charge < -0.3 is 11.1 Å². The fourth-order valence-electron chi connectivity index (χ4n) is 1.92. The van der Waals surface area contributed by atoms with Gasteiger partial charge in [-0.3, -0.25) is 4.79 Å². The van der Waals surface area contributed by atoms with E-state index in [2.05, 4.69) is 19.2 Å². The normalized spacial score (nSPS) is 12.4. The molecule has 1 heterocycles. The summed E-state index contributed by atoms with van der Waals surface area (Å²) >= 11 is 1.49. The summed E-state index contributed by atoms with van der Waals surface area (Å²) in [6, 6.07) is 11.0. The van der Waals surface area contributed by atoms with Crippen LogP contribution in [-0.2, 0) is 4.79 Å². The summed E-state index contributed by atoms with van der Waals surface area (Å²) in [6.45, 7) is 4.20. The predicted octanol–water partition coefficient (Wildman–Crippen LogP) is 3.51. The third-order valence-electron chi connectivity index (χ3n) is 2.97. The Morgan fingerprint density at radius 2 is 1.95 bits per heavy atom. The van der Waals surface area contributed by atoms with E-state index >= 15 is 0 Å². The van der Waals surface area contributed by atoms with Crippen molar-refractivity contribution in [2.75, 3.05) is 5.32 Å². The number of amides is 1. The summed E-state index contributed by atoms with van der Waals surface area (Å²) in [6.07, 6.45) is 0. The van der Waals surface area contributed by atoms with Gasteiger partial charge >= 0.3 is 0 Å². The number of nitrogens with one attached hydrogen (secondary N) is 1. The Morgan fingerprint density at radius 1 is 1.21 bits per heavy atom. The zero-order valence-electron chi connectivity index (χ0n) is 11.1. The van der Waals surface area contributed by atoms with E-state index in [1.54, 1.807) is 0 Å². The van der Waals surface area contributed by atoms with Crippen molar-refractivity contribution in [3.63, 3.8) is 0 Å². The van der Waals surface area contributed by atoms with Gasteiger partial charge in [-0.25, -0.2) is 0 Å². The summed E-state index contributed by atoms with van der Waals surface area (Å²) in [5.74, 6) is 0.185. The van der Waals surface area contributed by atoms with Gasteiger partial charge in [-0.1, -0.05) is 38.1 Å². The lowest BCUT2D eigenvalue weighted by molar-refractivity contribution is -0.117. The van der Waals surface area contributed by atoms with Crippen LogP contribution in [0.25, 0.3) is 0 Å². The molecule has 1 atom stereocenters. The van der Waals surface area contributed by atoms with Gasteiger partial charge in [-0.15, -0.1) is 11.3 Å². The smallest absolute Gasteiger partial charge is 0.246 e. The van der Waals surface area contributed by atoms with E-state index in [0.717, 1.165) is 16.1 Å². The monoisotopic (exact) mass is 274 g/mol. The molecule has 100 valence electrons. The lowest BCUT2D eigenvalue weighted by atomic mass is 10.0. The Balaban J connectivity index is 2.15. The van der Waals surface area contributed by atoms with Gasteiger partial charge in [-0.2, -0.15) is 0 Å². The first-order chi connectivity index (χ1) is 9.09. The van der Waals surface area contributed by atoms with Gasteiger partial charge in [0.1, 0.15) is 6.04 Å². The highest BCUT2D eigenvalue weighted by molar-refractivity contribution is 7.10. The summed E-state index contributed by atoms with van der Waals surface area (Å²) in [5.41, 5.74) is 7.92. The van der Waals surface area contributed by atoms with Gasteiger partial charge in [0.15, 0.2) is 0 Å². The molecule has 1 aromatic heterocycles. The van der Waals surface area contributed by atoms with Gasteiger partial charge in [0.25, 0.3) is 0 Å². The number of hydrogen-bond acceptors (Lipinski definition) is 3. The highest BCUT2D eigenvalue weighted by Crippen LogP contribution is 2.25. The molecule has 0 aliphatic carbocycles. The predicted molar refractivity (Wildman–Crippen MR) is 80.4 cm³/mol. The molecule has 0 aliphatic heterocycles. The molecule has 1 amide bonds. The second kappa shape index (κ2) is 5.99. The van der Waals surface area contributed by atoms with E-state index in [1.165, 1.54) is 11.3 Å². The fraction of sp³-hybridized carbons (Fsp3) is 0.267. The number of para-hydroxylation sites is 1. The Morgan fingerprint density at radius 3 is 2.58 bits per heavy atom. The Kier molecular flexibility index (Phi) is 4.35. The largest absolute Gasteiger partial charge is 0.324 e. The van der Waals surface area contributed by atoms with Crippen LogP contribution in [0.5, 0.6) is 0 Å². The molecule has 2 rings (SSSR count). The number of nitrogens with two attached hydrogens (primary N) is 1. The van der Waals surface area contributed by atoms with E-state index in [4.69, 9.17) is 5.73 Å². The number of carbonyl (C=O) groups is 1. The molecule has 0 spiro atoms. The Hall–Kier alpha value is -1.65. The minimum atomic E-state index is -0.611. The fourth-order valence-corrected chi connectivity index (χ4v) is 2.65. The summed E-state index contributed by atoms with van der Waals surface area (Å²) < 4.78 is 0. The Bertz CT molecular complexity index is 549. The molecule has 0 saturated carbocycles. The molecule has 2 aromatic rings. The zero-order valence-corrected chi connectivity index (χ0v) is 11.9. The lowest BCUT2D eigenvalue weighted by Gasteiger charge is -2.15. The molecule has 19 heavy (non-hydrogen) atoms. The van der Waals surface area contributed by atoms with Crippen molar-refractivity contribution in [2.45, 2.75) is 25.8 Å². The van der Waals surface area contributed by atoms with Crippen LogP contribution in [-0.4, -0.2) is 5.91 Å². The molecular weight excluding hydrogens is 256 g/mol. The van der Waals surface area contributed by atoms with Crippen molar-refractivity contribution in [1.29, 1.82) is 0 Å². The molecule has 4 heteroatoms. The van der Waals surface area contributed by atoms with Crippen LogP contribution in [0.3, 0.4) is 0 Å². The van der Waals surface area contributed by atoms with Crippen LogP contribution in [0.15, 0.2) is 41.8 Å². The van der Waals surface area contributed by atoms with Crippen molar-refractivity contribution >= 4 is 22.9 Å². The van der Waals surface area contributed by atoms with Gasteiger partial charge in [-0.05, 0) is 29.0 Å². The SMILES string of the molecule is CC(C)c1ccccc1NC(=O)C(N)c1cccs1. The summed E-state index contributed by atoms with van der Waals surface area (Å²) in [4.78, 5) is 13.0. The van der Waals surface area contributed by atoms with Crippen LogP contribution in [0, 0.1) is 0 Å². The maximum absolute atomic E-state index is 12.2. The number of rotatable bonds is 4. The van der Waals surface area contributed by atoms with Crippen molar-refractivity contribution in [1.82, 2.24) is 0 Å². The highest BCUT2D eigenvalue weighted by atomic mass is 32.1. The third-order valence-corrected chi connectivity index (χ3v) is 3.93. The molecule has 3 nitrogen and oxygen atoms in total. The quantitative estimate of drug-likeness (QED) is 0.896. The first kappa shape index (κ1) is 13.8. The second-order valence-corrected chi connectivity index (χ2v) is 5.70. The van der Waals surface area contributed by atoms with E-state index in [-0.39, 0.29) is 5.91 Å². The van der Waals surface area contributed by atoms with Crippen molar-refractivity contribution in [3.8, 4) is 0 Å². The molecule has 3 N–H and O–H groups in total. The average Bonchev–Trinajstić information content (AvgIpc) is 2.92. The van der Waals surface area contributed by atoms with Gasteiger partial charge in [0, 0.05) is 10.6 Å². The minimum absolute atomic E-state index is 0.171. The van der Waals surface area contributed by atoms with Crippen LogP contribution in [0.4, 0.5) is 5.69 Å². The van der Waals surface area contributed by atoms with E-state index in [9.17, 15) is 4.79 Å². The van der Waals surface area contributed by atoms with Gasteiger partial charge in [0.05, 0.1) is 0 Å². The molecule has 0 saturated heterocycles. The zero-order chi connectivity index (χ0) is 13.8. The molecule has 0 aliphatic rings. The molecule has 1 unspecified atom stereocenters. The number of hydrogen-bond donors (Lipinski definition) is 2. The van der Waals surface area contributed by atoms with Crippen LogP contribution < -0.4 is 11.1 Å². The summed E-state index contributed by atoms with van der Waals surface area (Å²) in [5, 5.41) is 4.84. The van der Waals surface area contributed by atoms with Crippen LogP contribution in [0.2, 0.25) is 0 Å². The highest BCUT2D eigenvalue weighted by Gasteiger charge is 2.18. The van der Waals surface area contributed by atoms with Crippen LogP contribution in [0.1, 0.15) is 36.2 Å². The van der Waals surface area contributed by atoms with Gasteiger partial charge in [0.2, 0.25) is 5.91 Å². The molecule has 0 bridgehead atoms. The topological polar surface area (TPSA) is 55.1 Å². The van der Waals surface area contributed by atoms with E-state index in [1.807, 2.05) is 41.8 Å². The number of carbonyl (C=O) groups excluding carboxylic acids is 1. The molecule has 1 aromatic carbocycles. The first-order valence-corrected chi connectivity index (χ1v) is 7.16.